The number of nitriles is 1. The molecular formula is C14H18N2O2. The molecule has 1 aromatic carbocycles. The van der Waals surface area contributed by atoms with Crippen molar-refractivity contribution in [3.63, 3.8) is 0 Å². The SMILES string of the molecule is CCC(C#N)CN(C)c1ccc2c(c1)OCCO2. The number of ether oxygens (including phenoxy) is 2. The van der Waals surface area contributed by atoms with E-state index in [0.717, 1.165) is 30.2 Å². The van der Waals surface area contributed by atoms with Crippen LogP contribution in [0, 0.1) is 17.2 Å². The summed E-state index contributed by atoms with van der Waals surface area (Å²) in [5.41, 5.74) is 1.05. The molecule has 0 spiro atoms. The van der Waals surface area contributed by atoms with Crippen molar-refractivity contribution < 1.29 is 9.47 Å². The molecule has 1 aliphatic heterocycles. The summed E-state index contributed by atoms with van der Waals surface area (Å²) in [5.74, 6) is 1.64. The number of hydrogen-bond acceptors (Lipinski definition) is 4. The van der Waals surface area contributed by atoms with Gasteiger partial charge >= 0.3 is 0 Å². The Bertz CT molecular complexity index is 454. The molecule has 2 rings (SSSR count). The van der Waals surface area contributed by atoms with Crippen LogP contribution >= 0.6 is 0 Å². The van der Waals surface area contributed by atoms with Gasteiger partial charge in [-0.05, 0) is 18.6 Å². The molecule has 0 saturated heterocycles. The Labute approximate surface area is 108 Å². The van der Waals surface area contributed by atoms with E-state index >= 15 is 0 Å². The van der Waals surface area contributed by atoms with Crippen LogP contribution in [-0.2, 0) is 0 Å². The lowest BCUT2D eigenvalue weighted by Crippen LogP contribution is -2.24. The number of hydrogen-bond donors (Lipinski definition) is 0. The number of nitrogens with zero attached hydrogens (tertiary/aromatic N) is 2. The summed E-state index contributed by atoms with van der Waals surface area (Å²) in [6.07, 6.45) is 0.866. The Hall–Kier alpha value is -1.89. The molecule has 0 fully saturated rings. The zero-order chi connectivity index (χ0) is 13.0. The van der Waals surface area contributed by atoms with Crippen LogP contribution < -0.4 is 14.4 Å². The Kier molecular flexibility index (Phi) is 3.93. The van der Waals surface area contributed by atoms with E-state index in [9.17, 15) is 0 Å². The molecule has 18 heavy (non-hydrogen) atoms. The highest BCUT2D eigenvalue weighted by molar-refractivity contribution is 5.56. The number of anilines is 1. The van der Waals surface area contributed by atoms with Crippen molar-refractivity contribution in [2.24, 2.45) is 5.92 Å². The van der Waals surface area contributed by atoms with E-state index in [1.807, 2.05) is 32.2 Å². The highest BCUT2D eigenvalue weighted by Crippen LogP contribution is 2.33. The number of rotatable bonds is 4. The van der Waals surface area contributed by atoms with Crippen LogP contribution in [0.4, 0.5) is 5.69 Å². The molecule has 1 aromatic rings. The highest BCUT2D eigenvalue weighted by atomic mass is 16.6. The van der Waals surface area contributed by atoms with E-state index in [-0.39, 0.29) is 5.92 Å². The van der Waals surface area contributed by atoms with E-state index in [4.69, 9.17) is 14.7 Å². The molecule has 4 nitrogen and oxygen atoms in total. The summed E-state index contributed by atoms with van der Waals surface area (Å²) in [6, 6.07) is 8.21. The van der Waals surface area contributed by atoms with Gasteiger partial charge < -0.3 is 14.4 Å². The summed E-state index contributed by atoms with van der Waals surface area (Å²) in [4.78, 5) is 2.08. The summed E-state index contributed by atoms with van der Waals surface area (Å²) in [5, 5.41) is 8.99. The van der Waals surface area contributed by atoms with E-state index in [1.165, 1.54) is 0 Å². The zero-order valence-corrected chi connectivity index (χ0v) is 10.8. The highest BCUT2D eigenvalue weighted by Gasteiger charge is 2.14. The second-order valence-electron chi connectivity index (χ2n) is 4.44. The smallest absolute Gasteiger partial charge is 0.163 e. The van der Waals surface area contributed by atoms with Gasteiger partial charge in [-0.1, -0.05) is 6.92 Å². The normalized spacial score (nSPS) is 14.7. The predicted molar refractivity (Wildman–Crippen MR) is 70.1 cm³/mol. The summed E-state index contributed by atoms with van der Waals surface area (Å²) < 4.78 is 11.0. The quantitative estimate of drug-likeness (QED) is 0.818. The van der Waals surface area contributed by atoms with E-state index in [0.29, 0.717) is 13.2 Å². The minimum absolute atomic E-state index is 0.0585. The predicted octanol–water partition coefficient (Wildman–Crippen LogP) is 2.44. The van der Waals surface area contributed by atoms with Gasteiger partial charge in [-0.2, -0.15) is 5.26 Å². The van der Waals surface area contributed by atoms with E-state index < -0.39 is 0 Å². The monoisotopic (exact) mass is 246 g/mol. The van der Waals surface area contributed by atoms with Crippen LogP contribution in [0.25, 0.3) is 0 Å². The Balaban J connectivity index is 2.11. The van der Waals surface area contributed by atoms with Gasteiger partial charge in [0.25, 0.3) is 0 Å². The van der Waals surface area contributed by atoms with Crippen molar-refractivity contribution in [2.75, 3.05) is 31.7 Å². The standard InChI is InChI=1S/C14H18N2O2/c1-3-11(9-15)10-16(2)12-4-5-13-14(8-12)18-7-6-17-13/h4-5,8,11H,3,6-7,10H2,1-2H3. The fourth-order valence-corrected chi connectivity index (χ4v) is 1.97. The van der Waals surface area contributed by atoms with Crippen LogP contribution in [0.5, 0.6) is 11.5 Å². The van der Waals surface area contributed by atoms with Crippen molar-refractivity contribution >= 4 is 5.69 Å². The maximum absolute atomic E-state index is 8.99. The molecule has 0 aliphatic carbocycles. The third-order valence-electron chi connectivity index (χ3n) is 3.14. The average molecular weight is 246 g/mol. The van der Waals surface area contributed by atoms with Crippen LogP contribution in [0.3, 0.4) is 0 Å². The molecule has 0 radical (unpaired) electrons. The largest absolute Gasteiger partial charge is 0.486 e. The van der Waals surface area contributed by atoms with Crippen LogP contribution in [-0.4, -0.2) is 26.8 Å². The van der Waals surface area contributed by atoms with Gasteiger partial charge in [0.1, 0.15) is 13.2 Å². The second-order valence-corrected chi connectivity index (χ2v) is 4.44. The van der Waals surface area contributed by atoms with E-state index in [2.05, 4.69) is 11.0 Å². The molecule has 0 bridgehead atoms. The maximum Gasteiger partial charge on any atom is 0.163 e. The molecule has 1 atom stereocenters. The van der Waals surface area contributed by atoms with Crippen LogP contribution in [0.2, 0.25) is 0 Å². The first-order valence-corrected chi connectivity index (χ1v) is 6.25. The Morgan fingerprint density at radius 2 is 2.06 bits per heavy atom. The third kappa shape index (κ3) is 2.67. The van der Waals surface area contributed by atoms with Crippen LogP contribution in [0.15, 0.2) is 18.2 Å². The fraction of sp³-hybridized carbons (Fsp3) is 0.500. The van der Waals surface area contributed by atoms with Gasteiger partial charge in [0.2, 0.25) is 0 Å². The first-order valence-electron chi connectivity index (χ1n) is 6.25. The minimum Gasteiger partial charge on any atom is -0.486 e. The zero-order valence-electron chi connectivity index (χ0n) is 10.8. The van der Waals surface area contributed by atoms with Crippen molar-refractivity contribution in [3.8, 4) is 17.6 Å². The molecule has 4 heteroatoms. The Morgan fingerprint density at radius 3 is 2.72 bits per heavy atom. The molecule has 0 N–H and O–H groups in total. The molecule has 0 aromatic heterocycles. The van der Waals surface area contributed by atoms with Crippen molar-refractivity contribution in [2.45, 2.75) is 13.3 Å². The van der Waals surface area contributed by atoms with Crippen molar-refractivity contribution in [1.29, 1.82) is 5.26 Å². The fourth-order valence-electron chi connectivity index (χ4n) is 1.97. The lowest BCUT2D eigenvalue weighted by Gasteiger charge is -2.24. The maximum atomic E-state index is 8.99. The van der Waals surface area contributed by atoms with Gasteiger partial charge in [0.05, 0.1) is 12.0 Å². The van der Waals surface area contributed by atoms with Gasteiger partial charge in [-0.25, -0.2) is 0 Å². The summed E-state index contributed by atoms with van der Waals surface area (Å²) in [6.45, 7) is 3.96. The van der Waals surface area contributed by atoms with Gasteiger partial charge in [-0.15, -0.1) is 0 Å². The molecular weight excluding hydrogens is 228 g/mol. The molecule has 0 amide bonds. The molecule has 0 saturated carbocycles. The number of fused-ring (bicyclic) bond motifs is 1. The average Bonchev–Trinajstić information content (AvgIpc) is 2.44. The van der Waals surface area contributed by atoms with Gasteiger partial charge in [0.15, 0.2) is 11.5 Å². The first kappa shape index (κ1) is 12.6. The second kappa shape index (κ2) is 5.63. The number of benzene rings is 1. The molecule has 1 heterocycles. The lowest BCUT2D eigenvalue weighted by molar-refractivity contribution is 0.171. The van der Waals surface area contributed by atoms with Gasteiger partial charge in [0, 0.05) is 25.3 Å². The van der Waals surface area contributed by atoms with E-state index in [1.54, 1.807) is 0 Å². The first-order chi connectivity index (χ1) is 8.74. The van der Waals surface area contributed by atoms with Gasteiger partial charge in [-0.3, -0.25) is 0 Å². The van der Waals surface area contributed by atoms with Crippen molar-refractivity contribution in [3.05, 3.63) is 18.2 Å². The van der Waals surface area contributed by atoms with Crippen molar-refractivity contribution in [1.82, 2.24) is 0 Å². The Morgan fingerprint density at radius 1 is 1.33 bits per heavy atom. The summed E-state index contributed by atoms with van der Waals surface area (Å²) >= 11 is 0. The van der Waals surface area contributed by atoms with Crippen LogP contribution in [0.1, 0.15) is 13.3 Å². The topological polar surface area (TPSA) is 45.5 Å². The molecule has 1 aliphatic rings. The third-order valence-corrected chi connectivity index (χ3v) is 3.14. The minimum atomic E-state index is 0.0585. The summed E-state index contributed by atoms with van der Waals surface area (Å²) in [7, 11) is 1.99. The lowest BCUT2D eigenvalue weighted by atomic mass is 10.1. The molecule has 96 valence electrons. The molecule has 1 unspecified atom stereocenters.